The fraction of sp³-hybridized carbons (Fsp3) is 0.650. The van der Waals surface area contributed by atoms with Crippen LogP contribution in [-0.2, 0) is 16.1 Å². The summed E-state index contributed by atoms with van der Waals surface area (Å²) in [4.78, 5) is 14.9. The summed E-state index contributed by atoms with van der Waals surface area (Å²) in [5, 5.41) is 6.28. The van der Waals surface area contributed by atoms with E-state index in [1.165, 1.54) is 0 Å². The number of carbonyl (C=O) groups excluding carboxylic acids is 1. The molecule has 1 aromatic rings. The van der Waals surface area contributed by atoms with Crippen LogP contribution in [0.25, 0.3) is 0 Å². The van der Waals surface area contributed by atoms with Crippen molar-refractivity contribution in [3.8, 4) is 5.75 Å². The third-order valence-corrected chi connectivity index (χ3v) is 5.16. The summed E-state index contributed by atoms with van der Waals surface area (Å²) in [5.41, 5.74) is 0.355. The van der Waals surface area contributed by atoms with Crippen LogP contribution in [0.15, 0.2) is 24.3 Å². The van der Waals surface area contributed by atoms with Crippen LogP contribution in [-0.4, -0.2) is 62.8 Å². The number of ether oxygens (including phenoxy) is 2. The van der Waals surface area contributed by atoms with Gasteiger partial charge in [-0.3, -0.25) is 4.79 Å². The molecule has 0 aliphatic carbocycles. The van der Waals surface area contributed by atoms with E-state index in [1.807, 2.05) is 24.3 Å². The van der Waals surface area contributed by atoms with Crippen LogP contribution in [0.4, 0.5) is 0 Å². The Kier molecular flexibility index (Phi) is 8.35. The molecular weight excluding hydrogens is 330 g/mol. The zero-order valence-corrected chi connectivity index (χ0v) is 16.3. The van der Waals surface area contributed by atoms with Crippen LogP contribution in [0.2, 0.25) is 0 Å². The van der Waals surface area contributed by atoms with E-state index in [0.29, 0.717) is 26.0 Å². The molecule has 1 fully saturated rings. The molecule has 0 saturated carbocycles. The van der Waals surface area contributed by atoms with Crippen molar-refractivity contribution in [2.75, 3.05) is 46.4 Å². The van der Waals surface area contributed by atoms with E-state index in [1.54, 1.807) is 7.11 Å². The van der Waals surface area contributed by atoms with Crippen molar-refractivity contribution in [2.24, 2.45) is 0 Å². The molecule has 0 spiro atoms. The molecule has 0 bridgehead atoms. The van der Waals surface area contributed by atoms with E-state index in [4.69, 9.17) is 9.47 Å². The molecule has 0 radical (unpaired) electrons. The van der Waals surface area contributed by atoms with Crippen molar-refractivity contribution in [1.29, 1.82) is 0 Å². The lowest BCUT2D eigenvalue weighted by Gasteiger charge is -2.34. The van der Waals surface area contributed by atoms with Crippen molar-refractivity contribution in [1.82, 2.24) is 15.5 Å². The number of hydrogen-bond acceptors (Lipinski definition) is 5. The first-order valence-electron chi connectivity index (χ1n) is 9.61. The minimum Gasteiger partial charge on any atom is -0.492 e. The van der Waals surface area contributed by atoms with Crippen LogP contribution in [0.1, 0.15) is 32.3 Å². The minimum absolute atomic E-state index is 0.0268. The fourth-order valence-corrected chi connectivity index (χ4v) is 3.23. The third kappa shape index (κ3) is 5.69. The monoisotopic (exact) mass is 363 g/mol. The van der Waals surface area contributed by atoms with E-state index in [0.717, 1.165) is 44.0 Å². The molecular formula is C20H33N3O3. The van der Waals surface area contributed by atoms with Gasteiger partial charge in [-0.2, -0.15) is 0 Å². The molecule has 2 rings (SSSR count). The molecule has 1 aliphatic heterocycles. The maximum Gasteiger partial charge on any atom is 0.252 e. The minimum atomic E-state index is -0.696. The van der Waals surface area contributed by atoms with Gasteiger partial charge in [0.15, 0.2) is 0 Å². The zero-order chi connectivity index (χ0) is 18.8. The third-order valence-electron chi connectivity index (χ3n) is 5.16. The Hall–Kier alpha value is -1.63. The molecule has 0 aromatic heterocycles. The normalized spacial score (nSPS) is 16.5. The predicted molar refractivity (Wildman–Crippen MR) is 103 cm³/mol. The van der Waals surface area contributed by atoms with Crippen molar-refractivity contribution in [3.05, 3.63) is 29.8 Å². The molecule has 26 heavy (non-hydrogen) atoms. The lowest BCUT2D eigenvalue weighted by atomic mass is 9.91. The van der Waals surface area contributed by atoms with Gasteiger partial charge in [-0.05, 0) is 56.7 Å². The molecule has 1 saturated heterocycles. The first-order chi connectivity index (χ1) is 12.6. The Balaban J connectivity index is 1.78. The first-order valence-corrected chi connectivity index (χ1v) is 9.61. The summed E-state index contributed by atoms with van der Waals surface area (Å²) < 4.78 is 11.3. The Labute approximate surface area is 157 Å². The Morgan fingerprint density at radius 3 is 2.42 bits per heavy atom. The van der Waals surface area contributed by atoms with E-state index in [-0.39, 0.29) is 5.91 Å². The Morgan fingerprint density at radius 1 is 1.19 bits per heavy atom. The standard InChI is InChI=1S/C20H33N3O3/c1-4-23(5-2)14-15-26-18-8-6-17(7-9-18)16-22-19(24)20(25-3)10-12-21-13-11-20/h6-9,21H,4-5,10-16H2,1-3H3,(H,22,24). The summed E-state index contributed by atoms with van der Waals surface area (Å²) in [5.74, 6) is 0.833. The Morgan fingerprint density at radius 2 is 1.85 bits per heavy atom. The van der Waals surface area contributed by atoms with Gasteiger partial charge in [-0.15, -0.1) is 0 Å². The Bertz CT molecular complexity index is 538. The summed E-state index contributed by atoms with van der Waals surface area (Å²) in [7, 11) is 1.62. The second-order valence-electron chi connectivity index (χ2n) is 6.65. The number of piperidine rings is 1. The molecule has 1 heterocycles. The molecule has 6 nitrogen and oxygen atoms in total. The number of methoxy groups -OCH3 is 1. The average molecular weight is 364 g/mol. The maximum atomic E-state index is 12.6. The number of nitrogens with zero attached hydrogens (tertiary/aromatic N) is 1. The zero-order valence-electron chi connectivity index (χ0n) is 16.3. The number of nitrogens with one attached hydrogen (secondary N) is 2. The maximum absolute atomic E-state index is 12.6. The molecule has 2 N–H and O–H groups in total. The fourth-order valence-electron chi connectivity index (χ4n) is 3.23. The highest BCUT2D eigenvalue weighted by Crippen LogP contribution is 2.22. The van der Waals surface area contributed by atoms with Crippen LogP contribution >= 0.6 is 0 Å². The molecule has 1 aromatic carbocycles. The van der Waals surface area contributed by atoms with Crippen molar-refractivity contribution < 1.29 is 14.3 Å². The number of carbonyl (C=O) groups is 1. The molecule has 0 atom stereocenters. The number of amides is 1. The van der Waals surface area contributed by atoms with Gasteiger partial charge in [0.05, 0.1) is 0 Å². The second kappa shape index (κ2) is 10.5. The largest absolute Gasteiger partial charge is 0.492 e. The van der Waals surface area contributed by atoms with Gasteiger partial charge in [-0.25, -0.2) is 0 Å². The van der Waals surface area contributed by atoms with Crippen LogP contribution in [0.5, 0.6) is 5.75 Å². The van der Waals surface area contributed by atoms with Crippen molar-refractivity contribution >= 4 is 5.91 Å². The summed E-state index contributed by atoms with van der Waals surface area (Å²) in [6.45, 7) is 10.1. The topological polar surface area (TPSA) is 62.8 Å². The van der Waals surface area contributed by atoms with Gasteiger partial charge in [0, 0.05) is 20.2 Å². The first kappa shape index (κ1) is 20.7. The van der Waals surface area contributed by atoms with E-state index >= 15 is 0 Å². The summed E-state index contributed by atoms with van der Waals surface area (Å²) in [6, 6.07) is 7.91. The highest BCUT2D eigenvalue weighted by Gasteiger charge is 2.39. The van der Waals surface area contributed by atoms with Gasteiger partial charge >= 0.3 is 0 Å². The SMILES string of the molecule is CCN(CC)CCOc1ccc(CNC(=O)C2(OC)CCNCC2)cc1. The van der Waals surface area contributed by atoms with Crippen LogP contribution < -0.4 is 15.4 Å². The predicted octanol–water partition coefficient (Wildman–Crippen LogP) is 1.79. The molecule has 0 unspecified atom stereocenters. The van der Waals surface area contributed by atoms with Gasteiger partial charge in [0.2, 0.25) is 0 Å². The van der Waals surface area contributed by atoms with E-state index in [9.17, 15) is 4.79 Å². The van der Waals surface area contributed by atoms with Gasteiger partial charge in [0.1, 0.15) is 18.0 Å². The molecule has 1 amide bonds. The number of rotatable bonds is 10. The number of hydrogen-bond donors (Lipinski definition) is 2. The summed E-state index contributed by atoms with van der Waals surface area (Å²) >= 11 is 0. The number of likely N-dealkylation sites (N-methyl/N-ethyl adjacent to an activating group) is 1. The van der Waals surface area contributed by atoms with Gasteiger partial charge < -0.3 is 25.0 Å². The van der Waals surface area contributed by atoms with Gasteiger partial charge in [0.25, 0.3) is 5.91 Å². The average Bonchev–Trinajstić information content (AvgIpc) is 2.70. The molecule has 1 aliphatic rings. The van der Waals surface area contributed by atoms with E-state index < -0.39 is 5.60 Å². The number of benzene rings is 1. The van der Waals surface area contributed by atoms with Gasteiger partial charge in [-0.1, -0.05) is 26.0 Å². The molecule has 146 valence electrons. The summed E-state index contributed by atoms with van der Waals surface area (Å²) in [6.07, 6.45) is 1.41. The molecule has 6 heteroatoms. The van der Waals surface area contributed by atoms with E-state index in [2.05, 4.69) is 29.4 Å². The van der Waals surface area contributed by atoms with Crippen molar-refractivity contribution in [2.45, 2.75) is 38.8 Å². The highest BCUT2D eigenvalue weighted by atomic mass is 16.5. The second-order valence-corrected chi connectivity index (χ2v) is 6.65. The quantitative estimate of drug-likeness (QED) is 0.664. The van der Waals surface area contributed by atoms with Crippen molar-refractivity contribution in [3.63, 3.8) is 0 Å². The lowest BCUT2D eigenvalue weighted by molar-refractivity contribution is -0.146. The smallest absolute Gasteiger partial charge is 0.252 e. The van der Waals surface area contributed by atoms with Crippen LogP contribution in [0.3, 0.4) is 0 Å². The van der Waals surface area contributed by atoms with Crippen LogP contribution in [0, 0.1) is 0 Å². The lowest BCUT2D eigenvalue weighted by Crippen LogP contribution is -2.53. The highest BCUT2D eigenvalue weighted by molar-refractivity contribution is 5.85.